The fourth-order valence-corrected chi connectivity index (χ4v) is 1.44. The van der Waals surface area contributed by atoms with E-state index in [1.165, 1.54) is 16.7 Å². The molecule has 5 heteroatoms. The molecule has 0 fully saturated rings. The molecule has 1 heterocycles. The molecule has 0 atom stereocenters. The summed E-state index contributed by atoms with van der Waals surface area (Å²) in [5.74, 6) is -0.161. The van der Waals surface area contributed by atoms with Crippen molar-refractivity contribution in [2.75, 3.05) is 12.4 Å². The Kier molecular flexibility index (Phi) is 2.07. The summed E-state index contributed by atoms with van der Waals surface area (Å²) in [6.07, 6.45) is 0. The Morgan fingerprint density at radius 3 is 2.93 bits per heavy atom. The van der Waals surface area contributed by atoms with E-state index in [0.717, 1.165) is 0 Å². The van der Waals surface area contributed by atoms with Crippen molar-refractivity contribution in [3.8, 4) is 0 Å². The highest BCUT2D eigenvalue weighted by Gasteiger charge is 2.07. The van der Waals surface area contributed by atoms with Crippen LogP contribution in [-0.2, 0) is 6.54 Å². The van der Waals surface area contributed by atoms with Gasteiger partial charge < -0.3 is 10.3 Å². The Labute approximate surface area is 79.2 Å². The lowest BCUT2D eigenvalue weighted by Crippen LogP contribution is -2.04. The van der Waals surface area contributed by atoms with Gasteiger partial charge >= 0.3 is 0 Å². The molecule has 2 N–H and O–H groups in total. The fraction of sp³-hybridized carbons (Fsp3) is 0.222. The number of hydrogen-bond donors (Lipinski definition) is 1. The summed E-state index contributed by atoms with van der Waals surface area (Å²) < 4.78 is 26.5. The Morgan fingerprint density at radius 2 is 2.21 bits per heavy atom. The molecule has 74 valence electrons. The third kappa shape index (κ3) is 1.30. The number of anilines is 1. The van der Waals surface area contributed by atoms with Crippen LogP contribution < -0.4 is 5.73 Å². The van der Waals surface area contributed by atoms with Crippen molar-refractivity contribution in [3.05, 3.63) is 24.0 Å². The number of aryl methyl sites for hydroxylation is 1. The molecule has 0 amide bonds. The first-order chi connectivity index (χ1) is 6.72. The van der Waals surface area contributed by atoms with Crippen LogP contribution in [0.2, 0.25) is 0 Å². The van der Waals surface area contributed by atoms with E-state index in [0.29, 0.717) is 11.0 Å². The van der Waals surface area contributed by atoms with Gasteiger partial charge in [0.2, 0.25) is 5.95 Å². The van der Waals surface area contributed by atoms with Crippen molar-refractivity contribution < 1.29 is 8.78 Å². The molecule has 0 saturated heterocycles. The van der Waals surface area contributed by atoms with Gasteiger partial charge in [-0.25, -0.2) is 13.8 Å². The first kappa shape index (κ1) is 8.93. The average molecular weight is 197 g/mol. The molecule has 0 unspecified atom stereocenters. The molecule has 2 aromatic rings. The topological polar surface area (TPSA) is 43.8 Å². The monoisotopic (exact) mass is 197 g/mol. The largest absolute Gasteiger partial charge is 0.369 e. The molecule has 0 spiro atoms. The molecule has 14 heavy (non-hydrogen) atoms. The van der Waals surface area contributed by atoms with Crippen LogP contribution in [0.25, 0.3) is 11.0 Å². The molecule has 1 aromatic heterocycles. The van der Waals surface area contributed by atoms with Gasteiger partial charge in [0.05, 0.1) is 17.6 Å². The number of imidazole rings is 1. The smallest absolute Gasteiger partial charge is 0.201 e. The van der Waals surface area contributed by atoms with Crippen LogP contribution in [0.5, 0.6) is 0 Å². The van der Waals surface area contributed by atoms with Crippen molar-refractivity contribution in [1.29, 1.82) is 0 Å². The number of hydrogen-bond acceptors (Lipinski definition) is 2. The molecule has 0 radical (unpaired) electrons. The van der Waals surface area contributed by atoms with Gasteiger partial charge in [-0.15, -0.1) is 0 Å². The minimum absolute atomic E-state index is 0.147. The van der Waals surface area contributed by atoms with E-state index in [4.69, 9.17) is 5.73 Å². The summed E-state index contributed by atoms with van der Waals surface area (Å²) >= 11 is 0. The third-order valence-corrected chi connectivity index (χ3v) is 2.05. The van der Waals surface area contributed by atoms with Gasteiger partial charge in [-0.3, -0.25) is 0 Å². The first-order valence-electron chi connectivity index (χ1n) is 4.19. The molecule has 1 aromatic carbocycles. The minimum Gasteiger partial charge on any atom is -0.369 e. The van der Waals surface area contributed by atoms with Crippen molar-refractivity contribution >= 4 is 17.0 Å². The van der Waals surface area contributed by atoms with E-state index in [2.05, 4.69) is 4.98 Å². The number of alkyl halides is 1. The van der Waals surface area contributed by atoms with Crippen LogP contribution in [0.1, 0.15) is 0 Å². The van der Waals surface area contributed by atoms with E-state index >= 15 is 0 Å². The van der Waals surface area contributed by atoms with E-state index in [1.54, 1.807) is 6.07 Å². The molecule has 0 aliphatic heterocycles. The van der Waals surface area contributed by atoms with Gasteiger partial charge in [-0.1, -0.05) is 0 Å². The van der Waals surface area contributed by atoms with Crippen LogP contribution in [0.4, 0.5) is 14.7 Å². The Bertz CT molecular complexity index is 464. The minimum atomic E-state index is -0.521. The van der Waals surface area contributed by atoms with Crippen LogP contribution >= 0.6 is 0 Å². The van der Waals surface area contributed by atoms with Gasteiger partial charge in [-0.05, 0) is 12.1 Å². The number of benzene rings is 1. The van der Waals surface area contributed by atoms with E-state index in [1.807, 2.05) is 0 Å². The molecule has 3 nitrogen and oxygen atoms in total. The van der Waals surface area contributed by atoms with Crippen LogP contribution in [0.3, 0.4) is 0 Å². The summed E-state index contributed by atoms with van der Waals surface area (Å²) in [5, 5.41) is 0. The standard InChI is InChI=1S/C9H9F2N3/c10-3-4-14-8-2-1-6(11)5-7(8)13-9(14)12/h1-2,5H,3-4H2,(H2,12,13). The maximum Gasteiger partial charge on any atom is 0.201 e. The summed E-state index contributed by atoms with van der Waals surface area (Å²) in [7, 11) is 0. The molecule has 0 saturated carbocycles. The number of fused-ring (bicyclic) bond motifs is 1. The number of rotatable bonds is 2. The van der Waals surface area contributed by atoms with Crippen molar-refractivity contribution in [3.63, 3.8) is 0 Å². The van der Waals surface area contributed by atoms with Crippen LogP contribution in [0.15, 0.2) is 18.2 Å². The average Bonchev–Trinajstić information content (AvgIpc) is 2.43. The predicted molar refractivity (Wildman–Crippen MR) is 50.1 cm³/mol. The number of nitrogens with zero attached hydrogens (tertiary/aromatic N) is 2. The highest BCUT2D eigenvalue weighted by Crippen LogP contribution is 2.18. The lowest BCUT2D eigenvalue weighted by Gasteiger charge is -2.01. The number of nitrogen functional groups attached to an aromatic ring is 1. The highest BCUT2D eigenvalue weighted by molar-refractivity contribution is 5.78. The normalized spacial score (nSPS) is 11.0. The predicted octanol–water partition coefficient (Wildman–Crippen LogP) is 1.73. The van der Waals surface area contributed by atoms with Crippen molar-refractivity contribution in [1.82, 2.24) is 9.55 Å². The number of halogens is 2. The molecule has 0 bridgehead atoms. The lowest BCUT2D eigenvalue weighted by molar-refractivity contribution is 0.452. The zero-order valence-electron chi connectivity index (χ0n) is 7.37. The van der Waals surface area contributed by atoms with Crippen molar-refractivity contribution in [2.24, 2.45) is 0 Å². The molecule has 2 rings (SSSR count). The Balaban J connectivity index is 2.64. The van der Waals surface area contributed by atoms with Crippen LogP contribution in [0, 0.1) is 5.82 Å². The first-order valence-corrected chi connectivity index (χ1v) is 4.19. The molecular weight excluding hydrogens is 188 g/mol. The van der Waals surface area contributed by atoms with Crippen LogP contribution in [-0.4, -0.2) is 16.2 Å². The summed E-state index contributed by atoms with van der Waals surface area (Å²) in [6.45, 7) is -0.374. The summed E-state index contributed by atoms with van der Waals surface area (Å²) in [6, 6.07) is 4.13. The van der Waals surface area contributed by atoms with Gasteiger partial charge in [0, 0.05) is 6.07 Å². The Morgan fingerprint density at radius 1 is 1.43 bits per heavy atom. The van der Waals surface area contributed by atoms with Crippen molar-refractivity contribution in [2.45, 2.75) is 6.54 Å². The van der Waals surface area contributed by atoms with Gasteiger partial charge in [0.15, 0.2) is 0 Å². The zero-order chi connectivity index (χ0) is 10.1. The van der Waals surface area contributed by atoms with E-state index in [-0.39, 0.29) is 18.3 Å². The molecular formula is C9H9F2N3. The SMILES string of the molecule is Nc1nc2cc(F)ccc2n1CCF. The molecule has 0 aliphatic carbocycles. The van der Waals surface area contributed by atoms with E-state index < -0.39 is 6.67 Å². The quantitative estimate of drug-likeness (QED) is 0.796. The van der Waals surface area contributed by atoms with Gasteiger partial charge in [0.1, 0.15) is 12.5 Å². The highest BCUT2D eigenvalue weighted by atomic mass is 19.1. The van der Waals surface area contributed by atoms with E-state index in [9.17, 15) is 8.78 Å². The number of aromatic nitrogens is 2. The maximum absolute atomic E-state index is 12.8. The second kappa shape index (κ2) is 3.25. The Hall–Kier alpha value is -1.65. The van der Waals surface area contributed by atoms with Gasteiger partial charge in [0.25, 0.3) is 0 Å². The third-order valence-electron chi connectivity index (χ3n) is 2.05. The second-order valence-electron chi connectivity index (χ2n) is 2.94. The summed E-state index contributed by atoms with van der Waals surface area (Å²) in [4.78, 5) is 3.93. The zero-order valence-corrected chi connectivity index (χ0v) is 7.37. The molecule has 0 aliphatic rings. The lowest BCUT2D eigenvalue weighted by atomic mass is 10.3. The fourth-order valence-electron chi connectivity index (χ4n) is 1.44. The van der Waals surface area contributed by atoms with Gasteiger partial charge in [-0.2, -0.15) is 0 Å². The second-order valence-corrected chi connectivity index (χ2v) is 2.94. The summed E-state index contributed by atoms with van der Waals surface area (Å²) in [5.41, 5.74) is 6.66. The maximum atomic E-state index is 12.8. The number of nitrogens with two attached hydrogens (primary N) is 1.